The van der Waals surface area contributed by atoms with Gasteiger partial charge in [-0.1, -0.05) is 6.07 Å². The normalized spacial score (nSPS) is 16.8. The maximum atomic E-state index is 12.9. The molecule has 1 aliphatic rings. The van der Waals surface area contributed by atoms with Gasteiger partial charge in [0.05, 0.1) is 22.6 Å². The third kappa shape index (κ3) is 4.80. The smallest absolute Gasteiger partial charge is 0.312 e. The number of rotatable bonds is 5. The van der Waals surface area contributed by atoms with Crippen LogP contribution in [0.4, 0.5) is 24.5 Å². The van der Waals surface area contributed by atoms with E-state index in [1.807, 2.05) is 0 Å². The molecule has 0 aromatic heterocycles. The third-order valence-corrected chi connectivity index (χ3v) is 4.47. The summed E-state index contributed by atoms with van der Waals surface area (Å²) in [6.07, 6.45) is -3.42. The van der Waals surface area contributed by atoms with Gasteiger partial charge in [0.25, 0.3) is 5.69 Å². The van der Waals surface area contributed by atoms with Gasteiger partial charge >= 0.3 is 6.18 Å². The van der Waals surface area contributed by atoms with Crippen LogP contribution in [-0.4, -0.2) is 29.5 Å². The Bertz CT molecular complexity index is 1010. The summed E-state index contributed by atoms with van der Waals surface area (Å²) < 4.78 is 38.6. The lowest BCUT2D eigenvalue weighted by atomic mass is 10.1. The molecule has 8 nitrogen and oxygen atoms in total. The van der Waals surface area contributed by atoms with E-state index in [1.165, 1.54) is 42.6 Å². The minimum atomic E-state index is -4.54. The Morgan fingerprint density at radius 2 is 1.93 bits per heavy atom. The number of halogens is 3. The quantitative estimate of drug-likeness (QED) is 0.456. The number of non-ortho nitro benzene ring substituents is 1. The number of amides is 2. The summed E-state index contributed by atoms with van der Waals surface area (Å²) >= 11 is 0. The second-order valence-corrected chi connectivity index (χ2v) is 6.54. The predicted octanol–water partition coefficient (Wildman–Crippen LogP) is 3.12. The minimum Gasteiger partial charge on any atom is -0.312 e. The number of nitrogens with one attached hydrogen (secondary N) is 1. The molecule has 1 saturated heterocycles. The Morgan fingerprint density at radius 3 is 2.57 bits per heavy atom. The summed E-state index contributed by atoms with van der Waals surface area (Å²) in [5, 5.41) is 14.4. The van der Waals surface area contributed by atoms with Gasteiger partial charge in [-0.25, -0.2) is 5.43 Å². The van der Waals surface area contributed by atoms with Crippen LogP contribution in [0.3, 0.4) is 0 Å². The summed E-state index contributed by atoms with van der Waals surface area (Å²) in [6.45, 7) is -0.0704. The fourth-order valence-corrected chi connectivity index (χ4v) is 2.93. The number of benzene rings is 2. The molecule has 1 aliphatic heterocycles. The Balaban J connectivity index is 1.62. The van der Waals surface area contributed by atoms with E-state index in [0.717, 1.165) is 17.0 Å². The van der Waals surface area contributed by atoms with Gasteiger partial charge in [0.15, 0.2) is 0 Å². The van der Waals surface area contributed by atoms with Gasteiger partial charge in [0.2, 0.25) is 11.8 Å². The fraction of sp³-hybridized carbons (Fsp3) is 0.211. The van der Waals surface area contributed by atoms with E-state index in [4.69, 9.17) is 0 Å². The van der Waals surface area contributed by atoms with Gasteiger partial charge in [-0.15, -0.1) is 0 Å². The number of carbonyl (C=O) groups is 2. The minimum absolute atomic E-state index is 0.0690. The lowest BCUT2D eigenvalue weighted by molar-refractivity contribution is -0.384. The molecule has 0 bridgehead atoms. The second-order valence-electron chi connectivity index (χ2n) is 6.54. The molecule has 2 amide bonds. The van der Waals surface area contributed by atoms with Gasteiger partial charge < -0.3 is 4.90 Å². The number of hydrogen-bond donors (Lipinski definition) is 1. The van der Waals surface area contributed by atoms with Crippen molar-refractivity contribution in [1.29, 1.82) is 0 Å². The van der Waals surface area contributed by atoms with Gasteiger partial charge in [-0.05, 0) is 35.9 Å². The first-order valence-electron chi connectivity index (χ1n) is 8.70. The molecular formula is C19H15F3N4O4. The number of anilines is 1. The standard InChI is InChI=1S/C19H15F3N4O4/c20-19(21,22)14-2-1-3-16(9-14)25-11-13(8-17(25)27)18(28)24-23-10-12-4-6-15(7-5-12)26(29)30/h1-7,9-10,13H,8,11H2,(H,24,28). The predicted molar refractivity (Wildman–Crippen MR) is 101 cm³/mol. The highest BCUT2D eigenvalue weighted by molar-refractivity contribution is 6.00. The van der Waals surface area contributed by atoms with Crippen LogP contribution < -0.4 is 10.3 Å². The van der Waals surface area contributed by atoms with Crippen molar-refractivity contribution < 1.29 is 27.7 Å². The number of carbonyl (C=O) groups excluding carboxylic acids is 2. The molecule has 156 valence electrons. The maximum absolute atomic E-state index is 12.9. The van der Waals surface area contributed by atoms with Gasteiger partial charge in [0, 0.05) is 30.8 Å². The summed E-state index contributed by atoms with van der Waals surface area (Å²) in [6, 6.07) is 9.81. The van der Waals surface area contributed by atoms with Crippen LogP contribution in [0.2, 0.25) is 0 Å². The second kappa shape index (κ2) is 8.31. The van der Waals surface area contributed by atoms with E-state index >= 15 is 0 Å². The molecule has 1 N–H and O–H groups in total. The molecular weight excluding hydrogens is 405 g/mol. The SMILES string of the molecule is O=C(NN=Cc1ccc([N+](=O)[O-])cc1)C1CC(=O)N(c2cccc(C(F)(F)F)c2)C1. The summed E-state index contributed by atoms with van der Waals surface area (Å²) in [5.41, 5.74) is 1.88. The van der Waals surface area contributed by atoms with Crippen LogP contribution >= 0.6 is 0 Å². The first kappa shape index (κ1) is 21.0. The van der Waals surface area contributed by atoms with E-state index in [1.54, 1.807) is 0 Å². The van der Waals surface area contributed by atoms with Crippen molar-refractivity contribution in [2.75, 3.05) is 11.4 Å². The molecule has 11 heteroatoms. The zero-order valence-corrected chi connectivity index (χ0v) is 15.3. The molecule has 0 spiro atoms. The van der Waals surface area contributed by atoms with E-state index in [2.05, 4.69) is 10.5 Å². The first-order valence-corrected chi connectivity index (χ1v) is 8.70. The molecule has 0 radical (unpaired) electrons. The van der Waals surface area contributed by atoms with Crippen molar-refractivity contribution in [3.05, 3.63) is 69.8 Å². The van der Waals surface area contributed by atoms with Gasteiger partial charge in [-0.3, -0.25) is 19.7 Å². The number of nitro groups is 1. The van der Waals surface area contributed by atoms with E-state index < -0.39 is 34.4 Å². The van der Waals surface area contributed by atoms with Crippen LogP contribution in [0.25, 0.3) is 0 Å². The third-order valence-electron chi connectivity index (χ3n) is 4.47. The molecule has 1 heterocycles. The number of nitro benzene ring substituents is 1. The van der Waals surface area contributed by atoms with Crippen molar-refractivity contribution in [2.45, 2.75) is 12.6 Å². The molecule has 30 heavy (non-hydrogen) atoms. The van der Waals surface area contributed by atoms with Crippen molar-refractivity contribution in [3.8, 4) is 0 Å². The molecule has 0 saturated carbocycles. The number of hydrogen-bond acceptors (Lipinski definition) is 5. The summed E-state index contributed by atoms with van der Waals surface area (Å²) in [7, 11) is 0. The fourth-order valence-electron chi connectivity index (χ4n) is 2.93. The Morgan fingerprint density at radius 1 is 1.23 bits per heavy atom. The largest absolute Gasteiger partial charge is 0.416 e. The number of hydrazone groups is 1. The highest BCUT2D eigenvalue weighted by Crippen LogP contribution is 2.33. The Kier molecular flexibility index (Phi) is 5.81. The van der Waals surface area contributed by atoms with Crippen LogP contribution in [-0.2, 0) is 15.8 Å². The lowest BCUT2D eigenvalue weighted by Gasteiger charge is -2.18. The number of nitrogens with zero attached hydrogens (tertiary/aromatic N) is 3. The molecule has 1 unspecified atom stereocenters. The first-order chi connectivity index (χ1) is 14.1. The van der Waals surface area contributed by atoms with Gasteiger partial charge in [-0.2, -0.15) is 18.3 Å². The van der Waals surface area contributed by atoms with Crippen LogP contribution in [0.5, 0.6) is 0 Å². The van der Waals surface area contributed by atoms with Crippen LogP contribution in [0, 0.1) is 16.0 Å². The zero-order chi connectivity index (χ0) is 21.9. The summed E-state index contributed by atoms with van der Waals surface area (Å²) in [4.78, 5) is 35.7. The van der Waals surface area contributed by atoms with Crippen molar-refractivity contribution in [3.63, 3.8) is 0 Å². The average Bonchev–Trinajstić information content (AvgIpc) is 3.09. The van der Waals surface area contributed by atoms with E-state index in [9.17, 15) is 32.9 Å². The monoisotopic (exact) mass is 420 g/mol. The molecule has 1 fully saturated rings. The van der Waals surface area contributed by atoms with E-state index in [-0.39, 0.29) is 24.3 Å². The molecule has 3 rings (SSSR count). The topological polar surface area (TPSA) is 105 Å². The molecule has 1 atom stereocenters. The van der Waals surface area contributed by atoms with Crippen LogP contribution in [0.1, 0.15) is 17.5 Å². The zero-order valence-electron chi connectivity index (χ0n) is 15.3. The highest BCUT2D eigenvalue weighted by atomic mass is 19.4. The molecule has 2 aromatic rings. The lowest BCUT2D eigenvalue weighted by Crippen LogP contribution is -2.30. The number of alkyl halides is 3. The van der Waals surface area contributed by atoms with E-state index in [0.29, 0.717) is 5.56 Å². The average molecular weight is 420 g/mol. The van der Waals surface area contributed by atoms with Crippen LogP contribution in [0.15, 0.2) is 53.6 Å². The molecule has 0 aliphatic carbocycles. The highest BCUT2D eigenvalue weighted by Gasteiger charge is 2.36. The summed E-state index contributed by atoms with van der Waals surface area (Å²) in [5.74, 6) is -1.80. The van der Waals surface area contributed by atoms with Gasteiger partial charge in [0.1, 0.15) is 0 Å². The maximum Gasteiger partial charge on any atom is 0.416 e. The van der Waals surface area contributed by atoms with Crippen molar-refractivity contribution >= 4 is 29.4 Å². The van der Waals surface area contributed by atoms with Crippen molar-refractivity contribution in [1.82, 2.24) is 5.43 Å². The van der Waals surface area contributed by atoms with Crippen molar-refractivity contribution in [2.24, 2.45) is 11.0 Å². The molecule has 2 aromatic carbocycles. The Labute approximate surface area is 168 Å². The Hall–Kier alpha value is -3.76.